The van der Waals surface area contributed by atoms with E-state index in [9.17, 15) is 13.2 Å². The number of amides is 1. The molecule has 0 aliphatic heterocycles. The number of carbonyl (C=O) groups excluding carboxylic acids is 1. The summed E-state index contributed by atoms with van der Waals surface area (Å²) in [7, 11) is -3.81. The molecular weight excluding hydrogens is 380 g/mol. The molecule has 2 rings (SSSR count). The number of thiophene rings is 1. The van der Waals surface area contributed by atoms with Crippen LogP contribution in [0.5, 0.6) is 0 Å². The Labute approximate surface area is 157 Å². The fourth-order valence-corrected chi connectivity index (χ4v) is 4.26. The molecule has 1 amide bonds. The maximum Gasteiger partial charge on any atom is 0.241 e. The Bertz CT molecular complexity index is 818. The van der Waals surface area contributed by atoms with E-state index in [1.807, 2.05) is 17.5 Å². The minimum absolute atomic E-state index is 0.0603. The highest BCUT2D eigenvalue weighted by Crippen LogP contribution is 2.16. The Morgan fingerprint density at radius 3 is 2.60 bits per heavy atom. The summed E-state index contributed by atoms with van der Waals surface area (Å²) in [6.45, 7) is 5.94. The van der Waals surface area contributed by atoms with Crippen LogP contribution in [0.1, 0.15) is 11.8 Å². The zero-order valence-electron chi connectivity index (χ0n) is 13.7. The lowest BCUT2D eigenvalue weighted by molar-refractivity contribution is -0.132. The normalized spacial score (nSPS) is 12.6. The molecule has 134 valence electrons. The van der Waals surface area contributed by atoms with E-state index in [0.717, 1.165) is 4.88 Å². The average Bonchev–Trinajstić information content (AvgIpc) is 3.07. The van der Waals surface area contributed by atoms with Gasteiger partial charge in [-0.2, -0.15) is 4.72 Å². The van der Waals surface area contributed by atoms with Crippen molar-refractivity contribution in [3.63, 3.8) is 0 Å². The van der Waals surface area contributed by atoms with Crippen molar-refractivity contribution in [3.05, 3.63) is 64.3 Å². The summed E-state index contributed by atoms with van der Waals surface area (Å²) in [6.07, 6.45) is 1.62. The highest BCUT2D eigenvalue weighted by Gasteiger charge is 2.25. The third kappa shape index (κ3) is 5.40. The Kier molecular flexibility index (Phi) is 6.78. The van der Waals surface area contributed by atoms with Gasteiger partial charge < -0.3 is 4.90 Å². The van der Waals surface area contributed by atoms with Gasteiger partial charge in [-0.3, -0.25) is 4.79 Å². The van der Waals surface area contributed by atoms with Gasteiger partial charge in [-0.05, 0) is 42.6 Å². The summed E-state index contributed by atoms with van der Waals surface area (Å²) in [5.41, 5.74) is 0. The predicted molar refractivity (Wildman–Crippen MR) is 101 cm³/mol. The van der Waals surface area contributed by atoms with E-state index in [-0.39, 0.29) is 10.8 Å². The maximum atomic E-state index is 12.7. The van der Waals surface area contributed by atoms with Gasteiger partial charge in [0.15, 0.2) is 0 Å². The van der Waals surface area contributed by atoms with Gasteiger partial charge in [-0.15, -0.1) is 17.9 Å². The van der Waals surface area contributed by atoms with E-state index < -0.39 is 16.1 Å². The molecule has 0 saturated carbocycles. The number of halogens is 1. The van der Waals surface area contributed by atoms with Crippen molar-refractivity contribution >= 4 is 38.9 Å². The fourth-order valence-electron chi connectivity index (χ4n) is 2.22. The molecule has 5 nitrogen and oxygen atoms in total. The molecule has 25 heavy (non-hydrogen) atoms. The Morgan fingerprint density at radius 1 is 1.36 bits per heavy atom. The van der Waals surface area contributed by atoms with Crippen molar-refractivity contribution in [1.29, 1.82) is 0 Å². The zero-order valence-corrected chi connectivity index (χ0v) is 16.1. The summed E-state index contributed by atoms with van der Waals surface area (Å²) < 4.78 is 27.2. The molecule has 1 aromatic carbocycles. The molecule has 2 aromatic rings. The first-order chi connectivity index (χ1) is 11.8. The molecule has 0 fully saturated rings. The summed E-state index contributed by atoms with van der Waals surface area (Å²) in [5, 5.41) is 2.37. The van der Waals surface area contributed by atoms with Gasteiger partial charge in [0.1, 0.15) is 0 Å². The largest absolute Gasteiger partial charge is 0.332 e. The first-order valence-corrected chi connectivity index (χ1v) is 10.3. The number of rotatable bonds is 8. The standard InChI is InChI=1S/C17H19ClN2O3S2/c1-3-10-20(12-15-5-4-11-24-15)17(21)13(2)19-25(22,23)16-8-6-14(18)7-9-16/h3-9,11,13,19H,1,10,12H2,2H3/t13-/m0/s1. The van der Waals surface area contributed by atoms with Crippen molar-refractivity contribution in [3.8, 4) is 0 Å². The monoisotopic (exact) mass is 398 g/mol. The first kappa shape index (κ1) is 19.7. The van der Waals surface area contributed by atoms with E-state index in [4.69, 9.17) is 11.6 Å². The number of hydrogen-bond acceptors (Lipinski definition) is 4. The molecular formula is C17H19ClN2O3S2. The minimum Gasteiger partial charge on any atom is -0.332 e. The minimum atomic E-state index is -3.81. The molecule has 1 heterocycles. The van der Waals surface area contributed by atoms with Gasteiger partial charge in [0.2, 0.25) is 15.9 Å². The summed E-state index contributed by atoms with van der Waals surface area (Å²) in [4.78, 5) is 15.3. The molecule has 0 radical (unpaired) electrons. The van der Waals surface area contributed by atoms with E-state index >= 15 is 0 Å². The second-order valence-corrected chi connectivity index (χ2v) is 8.57. The molecule has 0 bridgehead atoms. The number of hydrogen-bond donors (Lipinski definition) is 1. The van der Waals surface area contributed by atoms with Crippen LogP contribution >= 0.6 is 22.9 Å². The topological polar surface area (TPSA) is 66.5 Å². The van der Waals surface area contributed by atoms with Crippen molar-refractivity contribution in [2.75, 3.05) is 6.54 Å². The molecule has 1 N–H and O–H groups in total. The summed E-state index contributed by atoms with van der Waals surface area (Å²) in [6, 6.07) is 8.71. The third-order valence-corrected chi connectivity index (χ3v) is 6.08. The maximum absolute atomic E-state index is 12.7. The quantitative estimate of drug-likeness (QED) is 0.694. The second-order valence-electron chi connectivity index (χ2n) is 5.38. The summed E-state index contributed by atoms with van der Waals surface area (Å²) >= 11 is 7.32. The van der Waals surface area contributed by atoms with Crippen LogP contribution in [0, 0.1) is 0 Å². The number of sulfonamides is 1. The predicted octanol–water partition coefficient (Wildman–Crippen LogP) is 3.28. The van der Waals surface area contributed by atoms with Gasteiger partial charge in [0.05, 0.1) is 17.5 Å². The van der Waals surface area contributed by atoms with E-state index in [0.29, 0.717) is 18.1 Å². The van der Waals surface area contributed by atoms with Gasteiger partial charge in [0.25, 0.3) is 0 Å². The highest BCUT2D eigenvalue weighted by molar-refractivity contribution is 7.89. The zero-order chi connectivity index (χ0) is 18.4. The molecule has 0 aliphatic rings. The van der Waals surface area contributed by atoms with Crippen molar-refractivity contribution in [1.82, 2.24) is 9.62 Å². The Hall–Kier alpha value is -1.67. The van der Waals surface area contributed by atoms with Gasteiger partial charge in [-0.1, -0.05) is 23.7 Å². The van der Waals surface area contributed by atoms with E-state index in [1.54, 1.807) is 11.0 Å². The van der Waals surface area contributed by atoms with Crippen LogP contribution in [0.25, 0.3) is 0 Å². The molecule has 0 spiro atoms. The van der Waals surface area contributed by atoms with Crippen LogP contribution in [0.15, 0.2) is 59.3 Å². The van der Waals surface area contributed by atoms with Gasteiger partial charge in [0, 0.05) is 16.4 Å². The van der Waals surface area contributed by atoms with Crippen molar-refractivity contribution in [2.24, 2.45) is 0 Å². The van der Waals surface area contributed by atoms with Crippen molar-refractivity contribution < 1.29 is 13.2 Å². The molecule has 1 aromatic heterocycles. The molecule has 0 unspecified atom stereocenters. The average molecular weight is 399 g/mol. The van der Waals surface area contributed by atoms with Crippen LogP contribution in [-0.4, -0.2) is 31.8 Å². The fraction of sp³-hybridized carbons (Fsp3) is 0.235. The lowest BCUT2D eigenvalue weighted by Crippen LogP contribution is -2.46. The molecule has 8 heteroatoms. The second kappa shape index (κ2) is 8.62. The Balaban J connectivity index is 2.11. The van der Waals surface area contributed by atoms with Crippen LogP contribution < -0.4 is 4.72 Å². The molecule has 1 atom stereocenters. The lowest BCUT2D eigenvalue weighted by Gasteiger charge is -2.24. The number of carbonyl (C=O) groups is 1. The molecule has 0 saturated heterocycles. The van der Waals surface area contributed by atoms with Crippen molar-refractivity contribution in [2.45, 2.75) is 24.4 Å². The van der Waals surface area contributed by atoms with E-state index in [2.05, 4.69) is 11.3 Å². The SMILES string of the molecule is C=CCN(Cc1cccs1)C(=O)[C@H](C)NS(=O)(=O)c1ccc(Cl)cc1. The van der Waals surface area contributed by atoms with Crippen LogP contribution in [-0.2, 0) is 21.4 Å². The van der Waals surface area contributed by atoms with E-state index in [1.165, 1.54) is 42.5 Å². The number of nitrogens with one attached hydrogen (secondary N) is 1. The van der Waals surface area contributed by atoms with Crippen LogP contribution in [0.2, 0.25) is 5.02 Å². The highest BCUT2D eigenvalue weighted by atomic mass is 35.5. The van der Waals surface area contributed by atoms with Crippen LogP contribution in [0.3, 0.4) is 0 Å². The van der Waals surface area contributed by atoms with Gasteiger partial charge >= 0.3 is 0 Å². The van der Waals surface area contributed by atoms with Gasteiger partial charge in [-0.25, -0.2) is 8.42 Å². The lowest BCUT2D eigenvalue weighted by atomic mass is 10.3. The van der Waals surface area contributed by atoms with Crippen LogP contribution in [0.4, 0.5) is 0 Å². The third-order valence-electron chi connectivity index (χ3n) is 3.41. The number of nitrogens with zero attached hydrogens (tertiary/aromatic N) is 1. The number of benzene rings is 1. The Morgan fingerprint density at radius 2 is 2.04 bits per heavy atom. The smallest absolute Gasteiger partial charge is 0.241 e. The summed E-state index contributed by atoms with van der Waals surface area (Å²) in [5.74, 6) is -0.314. The molecule has 0 aliphatic carbocycles. The first-order valence-electron chi connectivity index (χ1n) is 7.53.